The maximum absolute atomic E-state index is 9.06. The fraction of sp³-hybridized carbons (Fsp3) is 0.632. The lowest BCUT2D eigenvalue weighted by atomic mass is 10.0. The van der Waals surface area contributed by atoms with Crippen molar-refractivity contribution in [3.63, 3.8) is 0 Å². The van der Waals surface area contributed by atoms with Crippen molar-refractivity contribution in [1.29, 1.82) is 0 Å². The SMILES string of the molecule is CCNC(=NCC(c1ccc(OC)c(OC)c1)N1CCOCC1)NCCO.I. The van der Waals surface area contributed by atoms with Crippen LogP contribution in [0.5, 0.6) is 11.5 Å². The summed E-state index contributed by atoms with van der Waals surface area (Å²) in [6.07, 6.45) is 0. The van der Waals surface area contributed by atoms with Gasteiger partial charge in [0.15, 0.2) is 17.5 Å². The Kier molecular flexibility index (Phi) is 12.2. The minimum Gasteiger partial charge on any atom is -0.493 e. The van der Waals surface area contributed by atoms with E-state index in [1.165, 1.54) is 0 Å². The smallest absolute Gasteiger partial charge is 0.191 e. The van der Waals surface area contributed by atoms with Gasteiger partial charge in [-0.3, -0.25) is 9.89 Å². The van der Waals surface area contributed by atoms with Crippen LogP contribution in [-0.4, -0.2) is 82.7 Å². The largest absolute Gasteiger partial charge is 0.493 e. The highest BCUT2D eigenvalue weighted by molar-refractivity contribution is 14.0. The Morgan fingerprint density at radius 3 is 2.54 bits per heavy atom. The molecule has 1 aromatic rings. The summed E-state index contributed by atoms with van der Waals surface area (Å²) in [6, 6.07) is 6.10. The van der Waals surface area contributed by atoms with E-state index in [2.05, 4.69) is 21.6 Å². The highest BCUT2D eigenvalue weighted by Crippen LogP contribution is 2.32. The molecule has 1 aliphatic rings. The van der Waals surface area contributed by atoms with Crippen LogP contribution in [0.15, 0.2) is 23.2 Å². The monoisotopic (exact) mass is 508 g/mol. The van der Waals surface area contributed by atoms with Crippen molar-refractivity contribution in [2.24, 2.45) is 4.99 Å². The van der Waals surface area contributed by atoms with Crippen LogP contribution in [0.4, 0.5) is 0 Å². The van der Waals surface area contributed by atoms with Crippen molar-refractivity contribution in [3.8, 4) is 11.5 Å². The molecule has 0 radical (unpaired) electrons. The Hall–Kier alpha value is -1.30. The van der Waals surface area contributed by atoms with Gasteiger partial charge in [0, 0.05) is 26.2 Å². The maximum Gasteiger partial charge on any atom is 0.191 e. The van der Waals surface area contributed by atoms with Gasteiger partial charge in [-0.05, 0) is 24.6 Å². The molecule has 0 aliphatic carbocycles. The fourth-order valence-corrected chi connectivity index (χ4v) is 3.07. The summed E-state index contributed by atoms with van der Waals surface area (Å²) in [7, 11) is 3.28. The van der Waals surface area contributed by atoms with E-state index in [4.69, 9.17) is 24.3 Å². The number of nitrogens with zero attached hydrogens (tertiary/aromatic N) is 2. The Labute approximate surface area is 184 Å². The molecule has 8 nitrogen and oxygen atoms in total. The number of nitrogens with one attached hydrogen (secondary N) is 2. The zero-order chi connectivity index (χ0) is 19.5. The second-order valence-corrected chi connectivity index (χ2v) is 6.15. The van der Waals surface area contributed by atoms with E-state index in [9.17, 15) is 0 Å². The molecule has 28 heavy (non-hydrogen) atoms. The van der Waals surface area contributed by atoms with Crippen LogP contribution < -0.4 is 20.1 Å². The highest BCUT2D eigenvalue weighted by atomic mass is 127. The average molecular weight is 508 g/mol. The minimum atomic E-state index is 0. The number of benzene rings is 1. The van der Waals surface area contributed by atoms with Crippen LogP contribution in [0.1, 0.15) is 18.5 Å². The Morgan fingerprint density at radius 2 is 1.93 bits per heavy atom. The van der Waals surface area contributed by atoms with Crippen LogP contribution in [0.3, 0.4) is 0 Å². The fourth-order valence-electron chi connectivity index (χ4n) is 3.07. The van der Waals surface area contributed by atoms with Gasteiger partial charge in [-0.15, -0.1) is 24.0 Å². The van der Waals surface area contributed by atoms with Gasteiger partial charge in [0.25, 0.3) is 0 Å². The Balaban J connectivity index is 0.00000392. The first-order valence-electron chi connectivity index (χ1n) is 9.40. The van der Waals surface area contributed by atoms with E-state index in [0.717, 1.165) is 38.4 Å². The van der Waals surface area contributed by atoms with Gasteiger partial charge >= 0.3 is 0 Å². The zero-order valence-corrected chi connectivity index (χ0v) is 19.3. The first kappa shape index (κ1) is 24.7. The van der Waals surface area contributed by atoms with Gasteiger partial charge < -0.3 is 30.0 Å². The quantitative estimate of drug-likeness (QED) is 0.263. The summed E-state index contributed by atoms with van der Waals surface area (Å²) < 4.78 is 16.3. The third-order valence-electron chi connectivity index (χ3n) is 4.45. The van der Waals surface area contributed by atoms with Crippen molar-refractivity contribution in [1.82, 2.24) is 15.5 Å². The van der Waals surface area contributed by atoms with Crippen molar-refractivity contribution in [2.45, 2.75) is 13.0 Å². The molecular formula is C19H33IN4O4. The molecule has 1 aliphatic heterocycles. The molecule has 0 spiro atoms. The topological polar surface area (TPSA) is 87.6 Å². The van der Waals surface area contributed by atoms with Gasteiger partial charge in [-0.2, -0.15) is 0 Å². The molecule has 0 bridgehead atoms. The molecule has 1 atom stereocenters. The second-order valence-electron chi connectivity index (χ2n) is 6.15. The average Bonchev–Trinajstić information content (AvgIpc) is 2.72. The van der Waals surface area contributed by atoms with Crippen molar-refractivity contribution < 1.29 is 19.3 Å². The first-order chi connectivity index (χ1) is 13.2. The molecule has 0 saturated carbocycles. The van der Waals surface area contributed by atoms with Gasteiger partial charge in [-0.1, -0.05) is 6.07 Å². The summed E-state index contributed by atoms with van der Waals surface area (Å²) in [4.78, 5) is 7.11. The predicted molar refractivity (Wildman–Crippen MR) is 121 cm³/mol. The summed E-state index contributed by atoms with van der Waals surface area (Å²) in [5.74, 6) is 2.12. The van der Waals surface area contributed by atoms with E-state index in [-0.39, 0.29) is 36.6 Å². The lowest BCUT2D eigenvalue weighted by Crippen LogP contribution is -2.42. The van der Waals surface area contributed by atoms with Gasteiger partial charge in [-0.25, -0.2) is 0 Å². The minimum absolute atomic E-state index is 0. The number of methoxy groups -OCH3 is 2. The molecule has 0 amide bonds. The third-order valence-corrected chi connectivity index (χ3v) is 4.45. The van der Waals surface area contributed by atoms with E-state index in [0.29, 0.717) is 30.5 Å². The standard InChI is InChI=1S/C19H32N4O4.HI/c1-4-20-19(21-7-10-24)22-14-16(23-8-11-27-12-9-23)15-5-6-17(25-2)18(13-15)26-3;/h5-6,13,16,24H,4,7-12,14H2,1-3H3,(H2,20,21,22);1H. The molecule has 1 saturated heterocycles. The van der Waals surface area contributed by atoms with Crippen LogP contribution >= 0.6 is 24.0 Å². The first-order valence-corrected chi connectivity index (χ1v) is 9.40. The van der Waals surface area contributed by atoms with Crippen LogP contribution in [-0.2, 0) is 4.74 Å². The summed E-state index contributed by atoms with van der Waals surface area (Å²) in [5, 5.41) is 15.4. The number of aliphatic hydroxyl groups excluding tert-OH is 1. The van der Waals surface area contributed by atoms with E-state index in [1.54, 1.807) is 14.2 Å². The van der Waals surface area contributed by atoms with Crippen LogP contribution in [0.25, 0.3) is 0 Å². The normalized spacial score (nSPS) is 16.1. The summed E-state index contributed by atoms with van der Waals surface area (Å²) in [6.45, 7) is 7.03. The van der Waals surface area contributed by atoms with E-state index >= 15 is 0 Å². The molecular weight excluding hydrogens is 475 g/mol. The van der Waals surface area contributed by atoms with Crippen molar-refractivity contribution in [3.05, 3.63) is 23.8 Å². The second kappa shape index (κ2) is 13.8. The lowest BCUT2D eigenvalue weighted by Gasteiger charge is -2.34. The number of guanidine groups is 1. The number of aliphatic imine (C=N–C) groups is 1. The maximum atomic E-state index is 9.06. The molecule has 1 unspecified atom stereocenters. The van der Waals surface area contributed by atoms with Gasteiger partial charge in [0.1, 0.15) is 0 Å². The third kappa shape index (κ3) is 7.26. The molecule has 1 fully saturated rings. The molecule has 2 rings (SSSR count). The molecule has 3 N–H and O–H groups in total. The number of rotatable bonds is 9. The molecule has 1 aromatic carbocycles. The van der Waals surface area contributed by atoms with Gasteiger partial charge in [0.2, 0.25) is 0 Å². The number of aliphatic hydroxyl groups is 1. The Morgan fingerprint density at radius 1 is 1.21 bits per heavy atom. The molecule has 9 heteroatoms. The Bertz CT molecular complexity index is 597. The van der Waals surface area contributed by atoms with E-state index < -0.39 is 0 Å². The molecule has 160 valence electrons. The number of halogens is 1. The molecule has 0 aromatic heterocycles. The number of hydrogen-bond donors (Lipinski definition) is 3. The number of hydrogen-bond acceptors (Lipinski definition) is 6. The van der Waals surface area contributed by atoms with E-state index in [1.807, 2.05) is 19.1 Å². The van der Waals surface area contributed by atoms with Crippen LogP contribution in [0.2, 0.25) is 0 Å². The molecule has 1 heterocycles. The number of ether oxygens (including phenoxy) is 3. The summed E-state index contributed by atoms with van der Waals surface area (Å²) in [5.41, 5.74) is 1.12. The van der Waals surface area contributed by atoms with Crippen LogP contribution in [0, 0.1) is 0 Å². The predicted octanol–water partition coefficient (Wildman–Crippen LogP) is 1.24. The van der Waals surface area contributed by atoms with Crippen molar-refractivity contribution >= 4 is 29.9 Å². The van der Waals surface area contributed by atoms with Gasteiger partial charge in [0.05, 0.1) is 46.6 Å². The number of morpholine rings is 1. The zero-order valence-electron chi connectivity index (χ0n) is 16.9. The lowest BCUT2D eigenvalue weighted by molar-refractivity contribution is 0.0179. The summed E-state index contributed by atoms with van der Waals surface area (Å²) >= 11 is 0. The highest BCUT2D eigenvalue weighted by Gasteiger charge is 2.24. The van der Waals surface area contributed by atoms with Crippen molar-refractivity contribution in [2.75, 3.05) is 66.8 Å².